The van der Waals surface area contributed by atoms with Gasteiger partial charge in [-0.3, -0.25) is 9.48 Å². The Bertz CT molecular complexity index is 392. The lowest BCUT2D eigenvalue weighted by Crippen LogP contribution is -2.29. The molecule has 1 fully saturated rings. The van der Waals surface area contributed by atoms with Gasteiger partial charge in [-0.25, -0.2) is 0 Å². The van der Waals surface area contributed by atoms with Crippen LogP contribution in [0.15, 0.2) is 6.20 Å². The molecule has 0 saturated carbocycles. The Labute approximate surface area is 101 Å². The quantitative estimate of drug-likeness (QED) is 0.800. The van der Waals surface area contributed by atoms with E-state index < -0.39 is 0 Å². The molecule has 0 radical (unpaired) electrons. The highest BCUT2D eigenvalue weighted by Crippen LogP contribution is 2.23. The normalized spacial score (nSPS) is 24.3. The van der Waals surface area contributed by atoms with E-state index in [1.54, 1.807) is 10.9 Å². The smallest absolute Gasteiger partial charge is 0.276 e. The van der Waals surface area contributed by atoms with E-state index in [0.29, 0.717) is 30.6 Å². The zero-order chi connectivity index (χ0) is 12.4. The first-order valence-electron chi connectivity index (χ1n) is 6.01. The molecule has 1 saturated heterocycles. The predicted octanol–water partition coefficient (Wildman–Crippen LogP) is -0.0352. The maximum Gasteiger partial charge on any atom is 0.276 e. The summed E-state index contributed by atoms with van der Waals surface area (Å²) in [5, 5.41) is 7.77. The monoisotopic (exact) mass is 237 g/mol. The van der Waals surface area contributed by atoms with Gasteiger partial charge in [-0.15, -0.1) is 5.10 Å². The van der Waals surface area contributed by atoms with Crippen LogP contribution in [0.2, 0.25) is 0 Å². The third kappa shape index (κ3) is 2.46. The summed E-state index contributed by atoms with van der Waals surface area (Å²) in [6, 6.07) is 0. The number of carbonyl (C=O) groups excluding carboxylic acids is 1. The van der Waals surface area contributed by atoms with E-state index in [0.717, 1.165) is 13.1 Å². The van der Waals surface area contributed by atoms with Gasteiger partial charge in [0.25, 0.3) is 5.91 Å². The molecule has 6 nitrogen and oxygen atoms in total. The molecule has 0 aliphatic carbocycles. The maximum absolute atomic E-state index is 12.1. The van der Waals surface area contributed by atoms with E-state index in [9.17, 15) is 4.79 Å². The Balaban J connectivity index is 2.04. The number of nitrogens with zero attached hydrogens (tertiary/aromatic N) is 4. The molecule has 0 bridgehead atoms. The first-order chi connectivity index (χ1) is 8.11. The summed E-state index contributed by atoms with van der Waals surface area (Å²) < 4.78 is 1.61. The summed E-state index contributed by atoms with van der Waals surface area (Å²) >= 11 is 0. The molecule has 6 heteroatoms. The molecule has 1 aromatic rings. The molecule has 2 atom stereocenters. The van der Waals surface area contributed by atoms with Gasteiger partial charge in [0.2, 0.25) is 0 Å². The average molecular weight is 237 g/mol. The van der Waals surface area contributed by atoms with Crippen LogP contribution in [0.3, 0.4) is 0 Å². The van der Waals surface area contributed by atoms with Gasteiger partial charge in [-0.2, -0.15) is 0 Å². The minimum absolute atomic E-state index is 0.0236. The van der Waals surface area contributed by atoms with Crippen LogP contribution in [0.1, 0.15) is 24.3 Å². The summed E-state index contributed by atoms with van der Waals surface area (Å²) in [6.07, 6.45) is 1.67. The fourth-order valence-corrected chi connectivity index (χ4v) is 2.10. The summed E-state index contributed by atoms with van der Waals surface area (Å²) in [4.78, 5) is 14.0. The van der Waals surface area contributed by atoms with Crippen LogP contribution in [-0.4, -0.2) is 45.4 Å². The second-order valence-electron chi connectivity index (χ2n) is 4.82. The second kappa shape index (κ2) is 4.83. The van der Waals surface area contributed by atoms with Crippen molar-refractivity contribution >= 4 is 5.91 Å². The molecule has 0 aromatic carbocycles. The highest BCUT2D eigenvalue weighted by Gasteiger charge is 2.30. The molecular weight excluding hydrogens is 218 g/mol. The minimum Gasteiger partial charge on any atom is -0.337 e. The Kier molecular flexibility index (Phi) is 3.42. The van der Waals surface area contributed by atoms with Crippen LogP contribution in [0.25, 0.3) is 0 Å². The lowest BCUT2D eigenvalue weighted by Gasteiger charge is -2.13. The van der Waals surface area contributed by atoms with E-state index in [1.807, 2.05) is 4.90 Å². The largest absolute Gasteiger partial charge is 0.337 e. The van der Waals surface area contributed by atoms with Gasteiger partial charge < -0.3 is 10.6 Å². The summed E-state index contributed by atoms with van der Waals surface area (Å²) in [5.41, 5.74) is 5.84. The molecule has 0 spiro atoms. The topological polar surface area (TPSA) is 77.0 Å². The van der Waals surface area contributed by atoms with E-state index >= 15 is 0 Å². The number of hydrogen-bond donors (Lipinski definition) is 1. The van der Waals surface area contributed by atoms with Gasteiger partial charge in [0, 0.05) is 19.6 Å². The van der Waals surface area contributed by atoms with Crippen molar-refractivity contribution < 1.29 is 4.79 Å². The molecule has 1 aliphatic rings. The lowest BCUT2D eigenvalue weighted by molar-refractivity contribution is 0.0779. The highest BCUT2D eigenvalue weighted by atomic mass is 16.2. The molecule has 17 heavy (non-hydrogen) atoms. The van der Waals surface area contributed by atoms with Crippen LogP contribution < -0.4 is 5.73 Å². The van der Waals surface area contributed by atoms with E-state index in [4.69, 9.17) is 5.73 Å². The predicted molar refractivity (Wildman–Crippen MR) is 63.3 cm³/mol. The van der Waals surface area contributed by atoms with Gasteiger partial charge in [-0.05, 0) is 11.8 Å². The molecule has 1 amide bonds. The number of carbonyl (C=O) groups is 1. The van der Waals surface area contributed by atoms with Crippen LogP contribution in [-0.2, 0) is 6.54 Å². The Morgan fingerprint density at radius 2 is 2.12 bits per heavy atom. The number of rotatable bonds is 3. The molecule has 2 rings (SSSR count). The van der Waals surface area contributed by atoms with Crippen molar-refractivity contribution in [2.24, 2.45) is 17.6 Å². The second-order valence-corrected chi connectivity index (χ2v) is 4.82. The Hall–Kier alpha value is -1.43. The highest BCUT2D eigenvalue weighted by molar-refractivity contribution is 5.92. The van der Waals surface area contributed by atoms with E-state index in [1.165, 1.54) is 0 Å². The molecule has 2 unspecified atom stereocenters. The van der Waals surface area contributed by atoms with Gasteiger partial charge in [-0.1, -0.05) is 19.1 Å². The first kappa shape index (κ1) is 12.0. The van der Waals surface area contributed by atoms with Crippen LogP contribution in [0, 0.1) is 11.8 Å². The number of nitrogens with two attached hydrogens (primary N) is 1. The fourth-order valence-electron chi connectivity index (χ4n) is 2.10. The third-order valence-corrected chi connectivity index (χ3v) is 3.39. The molecule has 2 N–H and O–H groups in total. The average Bonchev–Trinajstić information content (AvgIpc) is 2.87. The number of aromatic nitrogens is 3. The SMILES string of the molecule is CC1CN(C(=O)c2cn(CCN)nn2)CC1C. The van der Waals surface area contributed by atoms with Crippen LogP contribution in [0.5, 0.6) is 0 Å². The number of amides is 1. The van der Waals surface area contributed by atoms with E-state index in [-0.39, 0.29) is 5.91 Å². The zero-order valence-electron chi connectivity index (χ0n) is 10.3. The van der Waals surface area contributed by atoms with Crippen LogP contribution >= 0.6 is 0 Å². The fraction of sp³-hybridized carbons (Fsp3) is 0.727. The van der Waals surface area contributed by atoms with Crippen molar-refractivity contribution in [3.05, 3.63) is 11.9 Å². The summed E-state index contributed by atoms with van der Waals surface area (Å²) in [7, 11) is 0. The number of hydrogen-bond acceptors (Lipinski definition) is 4. The van der Waals surface area contributed by atoms with Crippen molar-refractivity contribution in [3.8, 4) is 0 Å². The van der Waals surface area contributed by atoms with Crippen molar-refractivity contribution in [2.75, 3.05) is 19.6 Å². The standard InChI is InChI=1S/C11H19N5O/c1-8-5-15(6-9(8)2)11(17)10-7-16(4-3-12)14-13-10/h7-9H,3-6,12H2,1-2H3. The van der Waals surface area contributed by atoms with Crippen molar-refractivity contribution in [1.82, 2.24) is 19.9 Å². The van der Waals surface area contributed by atoms with Crippen molar-refractivity contribution in [2.45, 2.75) is 20.4 Å². The zero-order valence-corrected chi connectivity index (χ0v) is 10.3. The summed E-state index contributed by atoms with van der Waals surface area (Å²) in [6.45, 7) is 7.04. The first-order valence-corrected chi connectivity index (χ1v) is 6.01. The maximum atomic E-state index is 12.1. The molecule has 1 aromatic heterocycles. The van der Waals surface area contributed by atoms with Gasteiger partial charge in [0.15, 0.2) is 5.69 Å². The Morgan fingerprint density at radius 1 is 1.47 bits per heavy atom. The van der Waals surface area contributed by atoms with Gasteiger partial charge in [0.1, 0.15) is 0 Å². The lowest BCUT2D eigenvalue weighted by atomic mass is 10.0. The molecule has 2 heterocycles. The van der Waals surface area contributed by atoms with Crippen LogP contribution in [0.4, 0.5) is 0 Å². The van der Waals surface area contributed by atoms with E-state index in [2.05, 4.69) is 24.2 Å². The molecule has 1 aliphatic heterocycles. The minimum atomic E-state index is -0.0236. The third-order valence-electron chi connectivity index (χ3n) is 3.39. The Morgan fingerprint density at radius 3 is 2.71 bits per heavy atom. The summed E-state index contributed by atoms with van der Waals surface area (Å²) in [5.74, 6) is 1.08. The number of likely N-dealkylation sites (tertiary alicyclic amines) is 1. The van der Waals surface area contributed by atoms with Gasteiger partial charge >= 0.3 is 0 Å². The molecular formula is C11H19N5O. The molecule has 94 valence electrons. The van der Waals surface area contributed by atoms with Gasteiger partial charge in [0.05, 0.1) is 12.7 Å². The van der Waals surface area contributed by atoms with Crippen molar-refractivity contribution in [1.29, 1.82) is 0 Å². The van der Waals surface area contributed by atoms with Crippen molar-refractivity contribution in [3.63, 3.8) is 0 Å².